The van der Waals surface area contributed by atoms with Crippen LogP contribution in [0.2, 0.25) is 0 Å². The second-order valence-corrected chi connectivity index (χ2v) is 7.72. The standard InChI is InChI=1S/C15H22N4S/c1-10-9-11-12(17-14(16)18-13(11)20-10)19-7-4-5-15(2,3)6-8-19/h9H,4-8H2,1-3H3,(H2,16,17,18). The Morgan fingerprint density at radius 2 is 2.05 bits per heavy atom. The van der Waals surface area contributed by atoms with Gasteiger partial charge in [0.25, 0.3) is 0 Å². The van der Waals surface area contributed by atoms with Crippen molar-refractivity contribution in [1.29, 1.82) is 0 Å². The van der Waals surface area contributed by atoms with Gasteiger partial charge in [0.15, 0.2) is 0 Å². The highest BCUT2D eigenvalue weighted by Crippen LogP contribution is 2.35. The molecule has 1 fully saturated rings. The minimum Gasteiger partial charge on any atom is -0.368 e. The maximum absolute atomic E-state index is 5.89. The quantitative estimate of drug-likeness (QED) is 0.872. The monoisotopic (exact) mass is 290 g/mol. The molecule has 0 radical (unpaired) electrons. The summed E-state index contributed by atoms with van der Waals surface area (Å²) in [5, 5.41) is 1.15. The van der Waals surface area contributed by atoms with Crippen LogP contribution in [0, 0.1) is 12.3 Å². The molecular weight excluding hydrogens is 268 g/mol. The first-order valence-corrected chi connectivity index (χ1v) is 8.05. The minimum atomic E-state index is 0.387. The van der Waals surface area contributed by atoms with E-state index in [1.807, 2.05) is 0 Å². The Balaban J connectivity index is 2.00. The van der Waals surface area contributed by atoms with Crippen LogP contribution in [0.4, 0.5) is 11.8 Å². The molecule has 0 spiro atoms. The van der Waals surface area contributed by atoms with E-state index >= 15 is 0 Å². The maximum atomic E-state index is 5.89. The summed E-state index contributed by atoms with van der Waals surface area (Å²) in [6.45, 7) is 8.93. The molecule has 1 aliphatic heterocycles. The van der Waals surface area contributed by atoms with Gasteiger partial charge < -0.3 is 10.6 Å². The Labute approximate surface area is 124 Å². The number of hydrogen-bond acceptors (Lipinski definition) is 5. The van der Waals surface area contributed by atoms with Gasteiger partial charge in [0, 0.05) is 18.0 Å². The molecular formula is C15H22N4S. The molecule has 5 heteroatoms. The maximum Gasteiger partial charge on any atom is 0.223 e. The predicted molar refractivity (Wildman–Crippen MR) is 86.4 cm³/mol. The fourth-order valence-electron chi connectivity index (χ4n) is 2.92. The third kappa shape index (κ3) is 2.59. The van der Waals surface area contributed by atoms with E-state index in [9.17, 15) is 0 Å². The van der Waals surface area contributed by atoms with E-state index in [1.165, 1.54) is 24.1 Å². The van der Waals surface area contributed by atoms with Crippen molar-refractivity contribution in [3.63, 3.8) is 0 Å². The number of anilines is 2. The van der Waals surface area contributed by atoms with Crippen LogP contribution >= 0.6 is 11.3 Å². The Morgan fingerprint density at radius 1 is 1.25 bits per heavy atom. The van der Waals surface area contributed by atoms with Gasteiger partial charge in [-0.15, -0.1) is 11.3 Å². The number of hydrogen-bond donors (Lipinski definition) is 1. The molecule has 0 aliphatic carbocycles. The van der Waals surface area contributed by atoms with Gasteiger partial charge in [0.05, 0.1) is 5.39 Å². The summed E-state index contributed by atoms with van der Waals surface area (Å²) in [6, 6.07) is 2.19. The van der Waals surface area contributed by atoms with E-state index in [-0.39, 0.29) is 0 Å². The normalized spacial score (nSPS) is 19.2. The van der Waals surface area contributed by atoms with E-state index in [2.05, 4.69) is 41.7 Å². The molecule has 3 rings (SSSR count). The van der Waals surface area contributed by atoms with Gasteiger partial charge in [-0.25, -0.2) is 4.98 Å². The van der Waals surface area contributed by atoms with Gasteiger partial charge in [-0.2, -0.15) is 4.98 Å². The number of nitrogens with two attached hydrogens (primary N) is 1. The zero-order valence-electron chi connectivity index (χ0n) is 12.4. The predicted octanol–water partition coefficient (Wildman–Crippen LogP) is 3.60. The third-order valence-corrected chi connectivity index (χ3v) is 5.10. The van der Waals surface area contributed by atoms with Crippen LogP contribution in [-0.2, 0) is 0 Å². The van der Waals surface area contributed by atoms with E-state index in [1.54, 1.807) is 11.3 Å². The topological polar surface area (TPSA) is 55.0 Å². The number of nitrogens with zero attached hydrogens (tertiary/aromatic N) is 3. The molecule has 20 heavy (non-hydrogen) atoms. The van der Waals surface area contributed by atoms with Crippen LogP contribution in [0.25, 0.3) is 10.2 Å². The molecule has 0 atom stereocenters. The summed E-state index contributed by atoms with van der Waals surface area (Å²) < 4.78 is 0. The molecule has 0 amide bonds. The van der Waals surface area contributed by atoms with Crippen LogP contribution in [0.15, 0.2) is 6.07 Å². The summed E-state index contributed by atoms with van der Waals surface area (Å²) in [5.74, 6) is 1.41. The minimum absolute atomic E-state index is 0.387. The number of fused-ring (bicyclic) bond motifs is 1. The molecule has 2 N–H and O–H groups in total. The first kappa shape index (κ1) is 13.6. The zero-order valence-corrected chi connectivity index (χ0v) is 13.3. The molecule has 1 aliphatic rings. The van der Waals surface area contributed by atoms with Gasteiger partial charge in [-0.05, 0) is 37.7 Å². The lowest BCUT2D eigenvalue weighted by molar-refractivity contribution is 0.325. The van der Waals surface area contributed by atoms with Gasteiger partial charge in [0.1, 0.15) is 10.6 Å². The molecule has 1 saturated heterocycles. The first-order valence-electron chi connectivity index (χ1n) is 7.23. The van der Waals surface area contributed by atoms with Crippen molar-refractivity contribution in [2.24, 2.45) is 5.41 Å². The lowest BCUT2D eigenvalue weighted by Gasteiger charge is -2.24. The number of nitrogen functional groups attached to an aromatic ring is 1. The van der Waals surface area contributed by atoms with Crippen molar-refractivity contribution < 1.29 is 0 Å². The van der Waals surface area contributed by atoms with E-state index in [0.717, 1.165) is 29.1 Å². The Bertz CT molecular complexity index is 632. The van der Waals surface area contributed by atoms with Crippen molar-refractivity contribution in [3.8, 4) is 0 Å². The smallest absolute Gasteiger partial charge is 0.223 e. The highest BCUT2D eigenvalue weighted by atomic mass is 32.1. The van der Waals surface area contributed by atoms with Gasteiger partial charge in [-0.3, -0.25) is 0 Å². The first-order chi connectivity index (χ1) is 9.44. The number of rotatable bonds is 1. The van der Waals surface area contributed by atoms with Crippen LogP contribution in [0.1, 0.15) is 38.0 Å². The van der Waals surface area contributed by atoms with Crippen molar-refractivity contribution in [3.05, 3.63) is 10.9 Å². The highest BCUT2D eigenvalue weighted by molar-refractivity contribution is 7.18. The molecule has 0 unspecified atom stereocenters. The third-order valence-electron chi connectivity index (χ3n) is 4.15. The van der Waals surface area contributed by atoms with Crippen molar-refractivity contribution in [2.75, 3.05) is 23.7 Å². The molecule has 2 aromatic heterocycles. The molecule has 3 heterocycles. The lowest BCUT2D eigenvalue weighted by Crippen LogP contribution is -2.26. The fraction of sp³-hybridized carbons (Fsp3) is 0.600. The Kier molecular flexibility index (Phi) is 3.32. The van der Waals surface area contributed by atoms with Crippen molar-refractivity contribution >= 4 is 33.3 Å². The summed E-state index contributed by atoms with van der Waals surface area (Å²) in [7, 11) is 0. The van der Waals surface area contributed by atoms with E-state index < -0.39 is 0 Å². The van der Waals surface area contributed by atoms with Crippen LogP contribution in [0.5, 0.6) is 0 Å². The lowest BCUT2D eigenvalue weighted by atomic mass is 9.85. The Morgan fingerprint density at radius 3 is 2.85 bits per heavy atom. The van der Waals surface area contributed by atoms with Crippen molar-refractivity contribution in [1.82, 2.24) is 9.97 Å². The highest BCUT2D eigenvalue weighted by Gasteiger charge is 2.25. The number of thiophene rings is 1. The summed E-state index contributed by atoms with van der Waals surface area (Å²) in [5.41, 5.74) is 6.32. The van der Waals surface area contributed by atoms with Crippen LogP contribution in [0.3, 0.4) is 0 Å². The zero-order chi connectivity index (χ0) is 14.3. The Hall–Kier alpha value is -1.36. The largest absolute Gasteiger partial charge is 0.368 e. The molecule has 0 saturated carbocycles. The van der Waals surface area contributed by atoms with E-state index in [4.69, 9.17) is 5.73 Å². The second kappa shape index (κ2) is 4.88. The fourth-order valence-corrected chi connectivity index (χ4v) is 3.80. The molecule has 0 bridgehead atoms. The van der Waals surface area contributed by atoms with Crippen LogP contribution in [-0.4, -0.2) is 23.1 Å². The molecule has 4 nitrogen and oxygen atoms in total. The summed E-state index contributed by atoms with van der Waals surface area (Å²) in [6.07, 6.45) is 3.68. The number of aromatic nitrogens is 2. The van der Waals surface area contributed by atoms with Gasteiger partial charge in [-0.1, -0.05) is 13.8 Å². The summed E-state index contributed by atoms with van der Waals surface area (Å²) >= 11 is 1.69. The number of aryl methyl sites for hydroxylation is 1. The average molecular weight is 290 g/mol. The molecule has 2 aromatic rings. The second-order valence-electron chi connectivity index (χ2n) is 6.49. The molecule has 0 aromatic carbocycles. The van der Waals surface area contributed by atoms with Gasteiger partial charge >= 0.3 is 0 Å². The van der Waals surface area contributed by atoms with Crippen LogP contribution < -0.4 is 10.6 Å². The average Bonchev–Trinajstić information content (AvgIpc) is 2.62. The molecule has 108 valence electrons. The summed E-state index contributed by atoms with van der Waals surface area (Å²) in [4.78, 5) is 13.5. The SMILES string of the molecule is Cc1cc2c(N3CCCC(C)(C)CC3)nc(N)nc2s1. The van der Waals surface area contributed by atoms with Gasteiger partial charge in [0.2, 0.25) is 5.95 Å². The van der Waals surface area contributed by atoms with Crippen molar-refractivity contribution in [2.45, 2.75) is 40.0 Å². The van der Waals surface area contributed by atoms with E-state index in [0.29, 0.717) is 11.4 Å².